The van der Waals surface area contributed by atoms with Gasteiger partial charge in [0.1, 0.15) is 5.82 Å². The van der Waals surface area contributed by atoms with Crippen LogP contribution in [-0.2, 0) is 4.74 Å². The third-order valence-electron chi connectivity index (χ3n) is 4.36. The van der Waals surface area contributed by atoms with Crippen molar-refractivity contribution >= 4 is 5.97 Å². The Kier molecular flexibility index (Phi) is 3.72. The molecular weight excluding hydrogens is 252 g/mol. The van der Waals surface area contributed by atoms with E-state index in [1.165, 1.54) is 19.3 Å². The highest BCUT2D eigenvalue weighted by atomic mass is 16.5. The first-order valence-electron chi connectivity index (χ1n) is 7.73. The van der Waals surface area contributed by atoms with Crippen molar-refractivity contribution in [3.05, 3.63) is 23.3 Å². The molecule has 0 saturated heterocycles. The Bertz CT molecular complexity index is 511. The molecule has 0 aromatic carbocycles. The molecule has 2 fully saturated rings. The standard InChI is InChI=1S/C16H22N2O2/c1-3-20-16(19)13-9-17-15(12-5-4-10(2)8-12)18-14(13)11-6-7-11/h9-12H,3-8H2,1-2H3. The maximum Gasteiger partial charge on any atom is 0.341 e. The molecule has 0 aliphatic heterocycles. The molecule has 2 saturated carbocycles. The Balaban J connectivity index is 1.88. The number of ether oxygens (including phenoxy) is 1. The molecule has 0 spiro atoms. The van der Waals surface area contributed by atoms with Crippen LogP contribution >= 0.6 is 0 Å². The van der Waals surface area contributed by atoms with Crippen molar-refractivity contribution in [3.8, 4) is 0 Å². The van der Waals surface area contributed by atoms with Crippen LogP contribution < -0.4 is 0 Å². The van der Waals surface area contributed by atoms with Crippen molar-refractivity contribution in [3.63, 3.8) is 0 Å². The van der Waals surface area contributed by atoms with E-state index in [-0.39, 0.29) is 5.97 Å². The fourth-order valence-corrected chi connectivity index (χ4v) is 3.08. The fraction of sp³-hybridized carbons (Fsp3) is 0.688. The summed E-state index contributed by atoms with van der Waals surface area (Å²) in [6, 6.07) is 0. The number of aromatic nitrogens is 2. The molecule has 2 unspecified atom stereocenters. The number of hydrogen-bond acceptors (Lipinski definition) is 4. The van der Waals surface area contributed by atoms with Gasteiger partial charge in [-0.25, -0.2) is 14.8 Å². The van der Waals surface area contributed by atoms with Gasteiger partial charge in [-0.05, 0) is 44.9 Å². The van der Waals surface area contributed by atoms with Crippen molar-refractivity contribution in [1.82, 2.24) is 9.97 Å². The zero-order valence-corrected chi connectivity index (χ0v) is 12.3. The van der Waals surface area contributed by atoms with E-state index in [0.29, 0.717) is 24.0 Å². The average Bonchev–Trinajstić information content (AvgIpc) is 3.20. The van der Waals surface area contributed by atoms with Gasteiger partial charge in [0.15, 0.2) is 0 Å². The molecule has 20 heavy (non-hydrogen) atoms. The molecule has 1 aromatic rings. The van der Waals surface area contributed by atoms with Gasteiger partial charge in [-0.1, -0.05) is 6.92 Å². The molecule has 1 aromatic heterocycles. The molecule has 0 amide bonds. The summed E-state index contributed by atoms with van der Waals surface area (Å²) in [5.41, 5.74) is 1.50. The van der Waals surface area contributed by atoms with Gasteiger partial charge in [0.2, 0.25) is 0 Å². The molecule has 108 valence electrons. The molecule has 2 aliphatic rings. The normalized spacial score (nSPS) is 25.7. The van der Waals surface area contributed by atoms with Crippen molar-refractivity contribution in [2.24, 2.45) is 5.92 Å². The summed E-state index contributed by atoms with van der Waals surface area (Å²) >= 11 is 0. The number of hydrogen-bond donors (Lipinski definition) is 0. The largest absolute Gasteiger partial charge is 0.462 e. The minimum atomic E-state index is -0.277. The van der Waals surface area contributed by atoms with Crippen LogP contribution in [0, 0.1) is 5.92 Å². The number of esters is 1. The summed E-state index contributed by atoms with van der Waals surface area (Å²) in [5, 5.41) is 0. The molecule has 0 N–H and O–H groups in total. The minimum absolute atomic E-state index is 0.277. The van der Waals surface area contributed by atoms with Crippen molar-refractivity contribution in [2.75, 3.05) is 6.61 Å². The first-order chi connectivity index (χ1) is 9.69. The minimum Gasteiger partial charge on any atom is -0.462 e. The maximum atomic E-state index is 12.0. The van der Waals surface area contributed by atoms with Gasteiger partial charge < -0.3 is 4.74 Å². The molecule has 4 heteroatoms. The number of nitrogens with zero attached hydrogens (tertiary/aromatic N) is 2. The molecule has 0 radical (unpaired) electrons. The van der Waals surface area contributed by atoms with Gasteiger partial charge >= 0.3 is 5.97 Å². The van der Waals surface area contributed by atoms with E-state index in [1.54, 1.807) is 6.20 Å². The predicted octanol–water partition coefficient (Wildman–Crippen LogP) is 3.43. The summed E-state index contributed by atoms with van der Waals surface area (Å²) in [6.07, 6.45) is 7.55. The van der Waals surface area contributed by atoms with Crippen LogP contribution in [0.1, 0.15) is 79.7 Å². The lowest BCUT2D eigenvalue weighted by atomic mass is 10.0. The van der Waals surface area contributed by atoms with E-state index < -0.39 is 0 Å². The van der Waals surface area contributed by atoms with E-state index in [2.05, 4.69) is 11.9 Å². The summed E-state index contributed by atoms with van der Waals surface area (Å²) in [4.78, 5) is 21.2. The second kappa shape index (κ2) is 5.51. The Labute approximate surface area is 120 Å². The average molecular weight is 274 g/mol. The van der Waals surface area contributed by atoms with E-state index in [0.717, 1.165) is 30.3 Å². The highest BCUT2D eigenvalue weighted by Crippen LogP contribution is 2.42. The van der Waals surface area contributed by atoms with Crippen LogP contribution in [0.15, 0.2) is 6.20 Å². The zero-order valence-electron chi connectivity index (χ0n) is 12.3. The second-order valence-electron chi connectivity index (χ2n) is 6.14. The van der Waals surface area contributed by atoms with E-state index >= 15 is 0 Å². The fourth-order valence-electron chi connectivity index (χ4n) is 3.08. The summed E-state index contributed by atoms with van der Waals surface area (Å²) < 4.78 is 5.11. The maximum absolute atomic E-state index is 12.0. The highest BCUT2D eigenvalue weighted by molar-refractivity contribution is 5.90. The van der Waals surface area contributed by atoms with Crippen molar-refractivity contribution in [1.29, 1.82) is 0 Å². The van der Waals surface area contributed by atoms with Gasteiger partial charge in [-0.15, -0.1) is 0 Å². The third kappa shape index (κ3) is 2.69. The predicted molar refractivity (Wildman–Crippen MR) is 75.7 cm³/mol. The van der Waals surface area contributed by atoms with Gasteiger partial charge in [-0.2, -0.15) is 0 Å². The van der Waals surface area contributed by atoms with Crippen LogP contribution in [0.3, 0.4) is 0 Å². The van der Waals surface area contributed by atoms with Gasteiger partial charge in [-0.3, -0.25) is 0 Å². The van der Waals surface area contributed by atoms with Crippen LogP contribution in [0.2, 0.25) is 0 Å². The number of carbonyl (C=O) groups is 1. The van der Waals surface area contributed by atoms with Crippen LogP contribution in [0.25, 0.3) is 0 Å². The van der Waals surface area contributed by atoms with Gasteiger partial charge in [0.05, 0.1) is 17.9 Å². The zero-order chi connectivity index (χ0) is 14.1. The van der Waals surface area contributed by atoms with Crippen LogP contribution in [0.5, 0.6) is 0 Å². The smallest absolute Gasteiger partial charge is 0.341 e. The summed E-state index contributed by atoms with van der Waals surface area (Å²) in [7, 11) is 0. The Morgan fingerprint density at radius 2 is 2.05 bits per heavy atom. The van der Waals surface area contributed by atoms with Gasteiger partial charge in [0.25, 0.3) is 0 Å². The molecule has 3 rings (SSSR count). The SMILES string of the molecule is CCOC(=O)c1cnc(C2CCC(C)C2)nc1C1CC1. The second-order valence-corrected chi connectivity index (χ2v) is 6.14. The highest BCUT2D eigenvalue weighted by Gasteiger charge is 2.33. The quantitative estimate of drug-likeness (QED) is 0.789. The summed E-state index contributed by atoms with van der Waals surface area (Å²) in [6.45, 7) is 4.50. The number of carbonyl (C=O) groups excluding carboxylic acids is 1. The molecule has 2 atom stereocenters. The van der Waals surface area contributed by atoms with Crippen LogP contribution in [0.4, 0.5) is 0 Å². The monoisotopic (exact) mass is 274 g/mol. The topological polar surface area (TPSA) is 52.1 Å². The lowest BCUT2D eigenvalue weighted by Gasteiger charge is -2.12. The van der Waals surface area contributed by atoms with Crippen molar-refractivity contribution < 1.29 is 9.53 Å². The van der Waals surface area contributed by atoms with E-state index in [4.69, 9.17) is 9.72 Å². The molecule has 1 heterocycles. The molecule has 2 aliphatic carbocycles. The van der Waals surface area contributed by atoms with Gasteiger partial charge in [0, 0.05) is 18.0 Å². The third-order valence-corrected chi connectivity index (χ3v) is 4.36. The molecule has 4 nitrogen and oxygen atoms in total. The summed E-state index contributed by atoms with van der Waals surface area (Å²) in [5.74, 6) is 2.33. The lowest BCUT2D eigenvalue weighted by molar-refractivity contribution is 0.0523. The molecule has 0 bridgehead atoms. The van der Waals surface area contributed by atoms with E-state index in [1.807, 2.05) is 6.92 Å². The first kappa shape index (κ1) is 13.5. The number of rotatable bonds is 4. The Morgan fingerprint density at radius 3 is 2.65 bits per heavy atom. The van der Waals surface area contributed by atoms with E-state index in [9.17, 15) is 4.79 Å². The van der Waals surface area contributed by atoms with Crippen molar-refractivity contribution in [2.45, 2.75) is 57.8 Å². The molecular formula is C16H22N2O2. The first-order valence-corrected chi connectivity index (χ1v) is 7.73. The Morgan fingerprint density at radius 1 is 1.30 bits per heavy atom. The van der Waals surface area contributed by atoms with Crippen LogP contribution in [-0.4, -0.2) is 22.5 Å². The lowest BCUT2D eigenvalue weighted by Crippen LogP contribution is -2.13. The Hall–Kier alpha value is -1.45.